The van der Waals surface area contributed by atoms with Crippen molar-refractivity contribution in [2.24, 2.45) is 0 Å². The van der Waals surface area contributed by atoms with Gasteiger partial charge in [-0.3, -0.25) is 4.79 Å². The SMILES string of the molecule is C=CCN(C)S(=O)(=O)c1ccc(NCC(=O)NC(C)c2ccc(C)c(C)c2)cc1. The van der Waals surface area contributed by atoms with Gasteiger partial charge in [0.05, 0.1) is 17.5 Å². The number of aryl methyl sites for hydroxylation is 2. The van der Waals surface area contributed by atoms with E-state index in [1.165, 1.54) is 40.7 Å². The molecular weight excluding hydrogens is 386 g/mol. The van der Waals surface area contributed by atoms with E-state index in [4.69, 9.17) is 0 Å². The van der Waals surface area contributed by atoms with Crippen LogP contribution in [0.3, 0.4) is 0 Å². The van der Waals surface area contributed by atoms with Crippen molar-refractivity contribution in [1.29, 1.82) is 0 Å². The molecule has 2 aromatic rings. The molecule has 2 N–H and O–H groups in total. The second kappa shape index (κ2) is 9.71. The van der Waals surface area contributed by atoms with Crippen molar-refractivity contribution < 1.29 is 13.2 Å². The Labute approximate surface area is 173 Å². The quantitative estimate of drug-likeness (QED) is 0.615. The summed E-state index contributed by atoms with van der Waals surface area (Å²) in [6, 6.07) is 12.4. The zero-order valence-corrected chi connectivity index (χ0v) is 18.2. The topological polar surface area (TPSA) is 78.5 Å². The van der Waals surface area contributed by atoms with Crippen molar-refractivity contribution in [3.63, 3.8) is 0 Å². The monoisotopic (exact) mass is 415 g/mol. The van der Waals surface area contributed by atoms with Crippen LogP contribution in [0.2, 0.25) is 0 Å². The summed E-state index contributed by atoms with van der Waals surface area (Å²) in [5.74, 6) is -0.141. The maximum Gasteiger partial charge on any atom is 0.243 e. The summed E-state index contributed by atoms with van der Waals surface area (Å²) in [5, 5.41) is 5.98. The standard InChI is InChI=1S/C22H29N3O3S/c1-6-13-25(5)29(27,28)21-11-9-20(10-12-21)23-15-22(26)24-18(4)19-8-7-16(2)17(3)14-19/h6-12,14,18,23H,1,13,15H2,2-5H3,(H,24,26). The van der Waals surface area contributed by atoms with Gasteiger partial charge in [-0.2, -0.15) is 4.31 Å². The molecule has 156 valence electrons. The minimum atomic E-state index is -3.55. The van der Waals surface area contributed by atoms with Gasteiger partial charge in [0, 0.05) is 19.3 Å². The molecule has 0 fully saturated rings. The smallest absolute Gasteiger partial charge is 0.243 e. The van der Waals surface area contributed by atoms with Crippen LogP contribution in [0.4, 0.5) is 5.69 Å². The molecule has 1 amide bonds. The molecule has 0 saturated carbocycles. The Bertz CT molecular complexity index is 969. The summed E-state index contributed by atoms with van der Waals surface area (Å²) < 4.78 is 26.0. The fourth-order valence-electron chi connectivity index (χ4n) is 2.80. The lowest BCUT2D eigenvalue weighted by Gasteiger charge is -2.17. The number of sulfonamides is 1. The van der Waals surface area contributed by atoms with Crippen LogP contribution in [0.1, 0.15) is 29.7 Å². The highest BCUT2D eigenvalue weighted by atomic mass is 32.2. The van der Waals surface area contributed by atoms with E-state index in [0.717, 1.165) is 5.56 Å². The molecule has 0 radical (unpaired) electrons. The van der Waals surface area contributed by atoms with Gasteiger partial charge >= 0.3 is 0 Å². The van der Waals surface area contributed by atoms with Crippen LogP contribution in [0.15, 0.2) is 60.0 Å². The van der Waals surface area contributed by atoms with Gasteiger partial charge < -0.3 is 10.6 Å². The van der Waals surface area contributed by atoms with Crippen molar-refractivity contribution >= 4 is 21.6 Å². The molecule has 0 aliphatic heterocycles. The highest BCUT2D eigenvalue weighted by Gasteiger charge is 2.19. The molecule has 1 unspecified atom stereocenters. The van der Waals surface area contributed by atoms with Crippen LogP contribution in [-0.4, -0.2) is 38.8 Å². The second-order valence-electron chi connectivity index (χ2n) is 7.09. The Hall–Kier alpha value is -2.64. The van der Waals surface area contributed by atoms with E-state index in [1.54, 1.807) is 12.1 Å². The number of anilines is 1. The first-order valence-corrected chi connectivity index (χ1v) is 10.9. The van der Waals surface area contributed by atoms with Crippen LogP contribution >= 0.6 is 0 Å². The van der Waals surface area contributed by atoms with Gasteiger partial charge in [-0.15, -0.1) is 6.58 Å². The number of rotatable bonds is 9. The number of amides is 1. The minimum Gasteiger partial charge on any atom is -0.376 e. The van der Waals surface area contributed by atoms with Gasteiger partial charge in [-0.25, -0.2) is 8.42 Å². The highest BCUT2D eigenvalue weighted by molar-refractivity contribution is 7.89. The van der Waals surface area contributed by atoms with E-state index in [9.17, 15) is 13.2 Å². The Morgan fingerprint density at radius 3 is 2.38 bits per heavy atom. The van der Waals surface area contributed by atoms with Crippen LogP contribution in [0.25, 0.3) is 0 Å². The molecule has 2 aromatic carbocycles. The number of benzene rings is 2. The second-order valence-corrected chi connectivity index (χ2v) is 9.13. The van der Waals surface area contributed by atoms with Crippen LogP contribution in [-0.2, 0) is 14.8 Å². The predicted molar refractivity (Wildman–Crippen MR) is 117 cm³/mol. The number of carbonyl (C=O) groups excluding carboxylic acids is 1. The molecule has 0 spiro atoms. The summed E-state index contributed by atoms with van der Waals surface area (Å²) in [5.41, 5.74) is 4.13. The normalized spacial score (nSPS) is 12.4. The first-order valence-electron chi connectivity index (χ1n) is 9.43. The lowest BCUT2D eigenvalue weighted by molar-refractivity contribution is -0.120. The van der Waals surface area contributed by atoms with E-state index >= 15 is 0 Å². The molecule has 0 saturated heterocycles. The van der Waals surface area contributed by atoms with Gasteiger partial charge in [0.15, 0.2) is 0 Å². The third-order valence-electron chi connectivity index (χ3n) is 4.81. The van der Waals surface area contributed by atoms with Crippen molar-refractivity contribution in [3.05, 3.63) is 71.8 Å². The predicted octanol–water partition coefficient (Wildman–Crippen LogP) is 3.40. The van der Waals surface area contributed by atoms with E-state index in [0.29, 0.717) is 5.69 Å². The third-order valence-corrected chi connectivity index (χ3v) is 6.65. The van der Waals surface area contributed by atoms with Crippen LogP contribution in [0, 0.1) is 13.8 Å². The first kappa shape index (κ1) is 22.6. The van der Waals surface area contributed by atoms with Crippen molar-refractivity contribution in [2.45, 2.75) is 31.7 Å². The molecule has 0 bridgehead atoms. The lowest BCUT2D eigenvalue weighted by atomic mass is 10.0. The summed E-state index contributed by atoms with van der Waals surface area (Å²) in [6.45, 7) is 9.94. The Morgan fingerprint density at radius 1 is 1.14 bits per heavy atom. The van der Waals surface area contributed by atoms with Crippen LogP contribution in [0.5, 0.6) is 0 Å². The maximum atomic E-state index is 12.4. The first-order chi connectivity index (χ1) is 13.6. The van der Waals surface area contributed by atoms with Crippen molar-refractivity contribution in [2.75, 3.05) is 25.5 Å². The van der Waals surface area contributed by atoms with Gasteiger partial charge in [0.2, 0.25) is 15.9 Å². The number of carbonyl (C=O) groups is 1. The largest absolute Gasteiger partial charge is 0.376 e. The summed E-state index contributed by atoms with van der Waals surface area (Å²) in [7, 11) is -2.04. The number of nitrogens with zero attached hydrogens (tertiary/aromatic N) is 1. The third kappa shape index (κ3) is 5.92. The molecule has 2 rings (SSSR count). The minimum absolute atomic E-state index is 0.0949. The van der Waals surface area contributed by atoms with Gasteiger partial charge in [-0.05, 0) is 61.7 Å². The molecule has 6 nitrogen and oxygen atoms in total. The van der Waals surface area contributed by atoms with E-state index < -0.39 is 10.0 Å². The van der Waals surface area contributed by atoms with Crippen LogP contribution < -0.4 is 10.6 Å². The Morgan fingerprint density at radius 2 is 1.79 bits per heavy atom. The Balaban J connectivity index is 1.93. The maximum absolute atomic E-state index is 12.4. The molecule has 0 aromatic heterocycles. The van der Waals surface area contributed by atoms with Crippen molar-refractivity contribution in [1.82, 2.24) is 9.62 Å². The number of hydrogen-bond donors (Lipinski definition) is 2. The Kier molecular flexibility index (Phi) is 7.59. The van der Waals surface area contributed by atoms with Gasteiger partial charge in [-0.1, -0.05) is 24.3 Å². The molecule has 1 atom stereocenters. The molecular formula is C22H29N3O3S. The molecule has 0 heterocycles. The lowest BCUT2D eigenvalue weighted by Crippen LogP contribution is -2.32. The molecule has 0 aliphatic rings. The van der Waals surface area contributed by atoms with Gasteiger partial charge in [0.25, 0.3) is 0 Å². The van der Waals surface area contributed by atoms with E-state index in [-0.39, 0.29) is 29.9 Å². The molecule has 7 heteroatoms. The zero-order chi connectivity index (χ0) is 21.6. The summed E-state index contributed by atoms with van der Waals surface area (Å²) >= 11 is 0. The summed E-state index contributed by atoms with van der Waals surface area (Å²) in [6.07, 6.45) is 1.53. The van der Waals surface area contributed by atoms with E-state index in [2.05, 4.69) is 30.2 Å². The van der Waals surface area contributed by atoms with Gasteiger partial charge in [0.1, 0.15) is 0 Å². The highest BCUT2D eigenvalue weighted by Crippen LogP contribution is 2.18. The van der Waals surface area contributed by atoms with Crippen molar-refractivity contribution in [3.8, 4) is 0 Å². The molecule has 0 aliphatic carbocycles. The number of nitrogens with one attached hydrogen (secondary N) is 2. The fourth-order valence-corrected chi connectivity index (χ4v) is 3.94. The number of hydrogen-bond acceptors (Lipinski definition) is 4. The zero-order valence-electron chi connectivity index (χ0n) is 17.4. The summed E-state index contributed by atoms with van der Waals surface area (Å²) in [4.78, 5) is 12.4. The molecule has 29 heavy (non-hydrogen) atoms. The number of likely N-dealkylation sites (N-methyl/N-ethyl adjacent to an activating group) is 1. The van der Waals surface area contributed by atoms with E-state index in [1.807, 2.05) is 26.0 Å². The fraction of sp³-hybridized carbons (Fsp3) is 0.318. The average molecular weight is 416 g/mol. The average Bonchev–Trinajstić information content (AvgIpc) is 2.69.